The van der Waals surface area contributed by atoms with Crippen molar-refractivity contribution in [3.63, 3.8) is 0 Å². The monoisotopic (exact) mass is 204 g/mol. The fraction of sp³-hybridized carbons (Fsp3) is 0.333. The highest BCUT2D eigenvalue weighted by Gasteiger charge is 2.11. The molecular formula is C9H10F2O3. The lowest BCUT2D eigenvalue weighted by Gasteiger charge is -2.10. The number of hydrogen-bond acceptors (Lipinski definition) is 3. The number of rotatable bonds is 4. The summed E-state index contributed by atoms with van der Waals surface area (Å²) in [5.41, 5.74) is 0. The Labute approximate surface area is 80.2 Å². The van der Waals surface area contributed by atoms with Crippen LogP contribution in [0.4, 0.5) is 8.78 Å². The van der Waals surface area contributed by atoms with Gasteiger partial charge in [-0.25, -0.2) is 8.78 Å². The van der Waals surface area contributed by atoms with Crippen molar-refractivity contribution in [1.29, 1.82) is 0 Å². The number of methoxy groups -OCH3 is 2. The molecule has 3 nitrogen and oxygen atoms in total. The van der Waals surface area contributed by atoms with Crippen LogP contribution in [-0.4, -0.2) is 21.1 Å². The van der Waals surface area contributed by atoms with Crippen LogP contribution in [0.15, 0.2) is 12.1 Å². The van der Waals surface area contributed by atoms with E-state index in [2.05, 4.69) is 4.74 Å². The second-order valence-electron chi connectivity index (χ2n) is 2.39. The first-order chi connectivity index (χ1) is 6.72. The van der Waals surface area contributed by atoms with Crippen molar-refractivity contribution in [3.05, 3.63) is 17.9 Å². The second-order valence-corrected chi connectivity index (χ2v) is 2.39. The fourth-order valence-corrected chi connectivity index (χ4v) is 1.00. The Morgan fingerprint density at radius 1 is 1.07 bits per heavy atom. The molecule has 14 heavy (non-hydrogen) atoms. The maximum absolute atomic E-state index is 13.1. The second kappa shape index (κ2) is 4.64. The number of benzene rings is 1. The Morgan fingerprint density at radius 3 is 2.21 bits per heavy atom. The molecule has 0 bridgehead atoms. The average molecular weight is 204 g/mol. The maximum atomic E-state index is 13.1. The zero-order chi connectivity index (χ0) is 10.6. The van der Waals surface area contributed by atoms with E-state index in [9.17, 15) is 8.78 Å². The molecule has 0 aliphatic carbocycles. The van der Waals surface area contributed by atoms with Gasteiger partial charge in [-0.05, 0) is 0 Å². The van der Waals surface area contributed by atoms with Crippen LogP contribution >= 0.6 is 0 Å². The third-order valence-corrected chi connectivity index (χ3v) is 1.65. The van der Waals surface area contributed by atoms with Gasteiger partial charge in [0.25, 0.3) is 0 Å². The summed E-state index contributed by atoms with van der Waals surface area (Å²) in [6.07, 6.45) is 0. The molecule has 0 amide bonds. The van der Waals surface area contributed by atoms with Gasteiger partial charge < -0.3 is 14.2 Å². The summed E-state index contributed by atoms with van der Waals surface area (Å²) in [6.45, 7) is -1.04. The molecule has 0 heterocycles. The SMILES string of the molecule is COc1cc(OC)c(OCF)cc1F. The summed E-state index contributed by atoms with van der Waals surface area (Å²) in [4.78, 5) is 0. The van der Waals surface area contributed by atoms with Crippen LogP contribution < -0.4 is 14.2 Å². The lowest BCUT2D eigenvalue weighted by Crippen LogP contribution is -1.97. The Kier molecular flexibility index (Phi) is 3.50. The van der Waals surface area contributed by atoms with Crippen molar-refractivity contribution < 1.29 is 23.0 Å². The topological polar surface area (TPSA) is 27.7 Å². The molecule has 0 saturated carbocycles. The first-order valence-corrected chi connectivity index (χ1v) is 3.83. The van der Waals surface area contributed by atoms with Gasteiger partial charge in [-0.15, -0.1) is 0 Å². The average Bonchev–Trinajstić information content (AvgIpc) is 2.19. The van der Waals surface area contributed by atoms with E-state index in [1.807, 2.05) is 0 Å². The van der Waals surface area contributed by atoms with Gasteiger partial charge in [0.1, 0.15) is 0 Å². The Bertz CT molecular complexity index is 315. The summed E-state index contributed by atoms with van der Waals surface area (Å²) >= 11 is 0. The molecule has 1 aromatic rings. The fourth-order valence-electron chi connectivity index (χ4n) is 1.00. The van der Waals surface area contributed by atoms with Gasteiger partial charge in [0.15, 0.2) is 23.1 Å². The van der Waals surface area contributed by atoms with Crippen LogP contribution in [-0.2, 0) is 0 Å². The summed E-state index contributed by atoms with van der Waals surface area (Å²) in [6, 6.07) is 2.30. The molecule has 0 aliphatic heterocycles. The predicted molar refractivity (Wildman–Crippen MR) is 46.1 cm³/mol. The van der Waals surface area contributed by atoms with E-state index in [-0.39, 0.29) is 17.2 Å². The Hall–Kier alpha value is -1.52. The van der Waals surface area contributed by atoms with Crippen molar-refractivity contribution in [3.8, 4) is 17.2 Å². The molecule has 78 valence electrons. The summed E-state index contributed by atoms with van der Waals surface area (Å²) < 4.78 is 39.1. The van der Waals surface area contributed by atoms with E-state index >= 15 is 0 Å². The smallest absolute Gasteiger partial charge is 0.228 e. The lowest BCUT2D eigenvalue weighted by molar-refractivity contribution is 0.183. The minimum Gasteiger partial charge on any atom is -0.494 e. The van der Waals surface area contributed by atoms with Crippen molar-refractivity contribution in [2.45, 2.75) is 0 Å². The van der Waals surface area contributed by atoms with Crippen molar-refractivity contribution in [1.82, 2.24) is 0 Å². The van der Waals surface area contributed by atoms with Gasteiger partial charge >= 0.3 is 0 Å². The summed E-state index contributed by atoms with van der Waals surface area (Å²) in [5.74, 6) is -0.376. The van der Waals surface area contributed by atoms with Crippen LogP contribution in [0.3, 0.4) is 0 Å². The molecule has 0 radical (unpaired) electrons. The first-order valence-electron chi connectivity index (χ1n) is 3.83. The highest BCUT2D eigenvalue weighted by Crippen LogP contribution is 2.33. The molecule has 0 unspecified atom stereocenters. The first kappa shape index (κ1) is 10.6. The van der Waals surface area contributed by atoms with Crippen LogP contribution in [0.1, 0.15) is 0 Å². The lowest BCUT2D eigenvalue weighted by atomic mass is 10.3. The molecule has 1 aromatic carbocycles. The van der Waals surface area contributed by atoms with Gasteiger partial charge in [0.05, 0.1) is 14.2 Å². The third-order valence-electron chi connectivity index (χ3n) is 1.65. The molecule has 5 heteroatoms. The number of alkyl halides is 1. The van der Waals surface area contributed by atoms with Gasteiger partial charge in [0, 0.05) is 12.1 Å². The van der Waals surface area contributed by atoms with Gasteiger partial charge in [-0.1, -0.05) is 0 Å². The maximum Gasteiger partial charge on any atom is 0.228 e. The quantitative estimate of drug-likeness (QED) is 0.752. The zero-order valence-electron chi connectivity index (χ0n) is 7.84. The molecular weight excluding hydrogens is 194 g/mol. The van der Waals surface area contributed by atoms with E-state index in [4.69, 9.17) is 9.47 Å². The van der Waals surface area contributed by atoms with E-state index in [1.165, 1.54) is 20.3 Å². The number of ether oxygens (including phenoxy) is 3. The largest absolute Gasteiger partial charge is 0.494 e. The number of hydrogen-bond donors (Lipinski definition) is 0. The highest BCUT2D eigenvalue weighted by molar-refractivity contribution is 5.46. The van der Waals surface area contributed by atoms with Crippen LogP contribution in [0.25, 0.3) is 0 Å². The van der Waals surface area contributed by atoms with E-state index in [1.54, 1.807) is 0 Å². The predicted octanol–water partition coefficient (Wildman–Crippen LogP) is 2.15. The van der Waals surface area contributed by atoms with E-state index in [0.29, 0.717) is 0 Å². The van der Waals surface area contributed by atoms with Gasteiger partial charge in [-0.3, -0.25) is 0 Å². The standard InChI is InChI=1S/C9H10F2O3/c1-12-7-4-8(13-2)9(14-5-10)3-6(7)11/h3-4H,5H2,1-2H3. The highest BCUT2D eigenvalue weighted by atomic mass is 19.1. The molecule has 0 aliphatic rings. The summed E-state index contributed by atoms with van der Waals surface area (Å²) in [5, 5.41) is 0. The van der Waals surface area contributed by atoms with Crippen molar-refractivity contribution >= 4 is 0 Å². The zero-order valence-corrected chi connectivity index (χ0v) is 7.84. The molecule has 0 N–H and O–H groups in total. The molecule has 0 atom stereocenters. The van der Waals surface area contributed by atoms with Crippen molar-refractivity contribution in [2.75, 3.05) is 21.1 Å². The molecule has 0 fully saturated rings. The van der Waals surface area contributed by atoms with Gasteiger partial charge in [-0.2, -0.15) is 0 Å². The van der Waals surface area contributed by atoms with Crippen molar-refractivity contribution in [2.24, 2.45) is 0 Å². The van der Waals surface area contributed by atoms with E-state index in [0.717, 1.165) is 6.07 Å². The number of halogens is 2. The normalized spacial score (nSPS) is 9.71. The van der Waals surface area contributed by atoms with Gasteiger partial charge in [0.2, 0.25) is 6.86 Å². The Balaban J connectivity index is 3.10. The molecule has 0 spiro atoms. The van der Waals surface area contributed by atoms with E-state index < -0.39 is 12.7 Å². The Morgan fingerprint density at radius 2 is 1.71 bits per heavy atom. The molecule has 0 saturated heterocycles. The summed E-state index contributed by atoms with van der Waals surface area (Å²) in [7, 11) is 2.70. The molecule has 0 aromatic heterocycles. The van der Waals surface area contributed by atoms with Crippen LogP contribution in [0.5, 0.6) is 17.2 Å². The molecule has 1 rings (SSSR count). The third kappa shape index (κ3) is 2.04. The minimum absolute atomic E-state index is 0.00769. The van der Waals surface area contributed by atoms with Crippen LogP contribution in [0.2, 0.25) is 0 Å². The minimum atomic E-state index is -1.04. The van der Waals surface area contributed by atoms with Crippen LogP contribution in [0, 0.1) is 5.82 Å².